The molecule has 0 saturated carbocycles. The van der Waals surface area contributed by atoms with Crippen LogP contribution in [0.2, 0.25) is 0 Å². The van der Waals surface area contributed by atoms with E-state index in [9.17, 15) is 9.90 Å². The highest BCUT2D eigenvalue weighted by atomic mass is 16.5. The Morgan fingerprint density at radius 2 is 2.32 bits per heavy atom. The van der Waals surface area contributed by atoms with E-state index in [2.05, 4.69) is 9.97 Å². The molecule has 0 aromatic carbocycles. The molecule has 0 aliphatic heterocycles. The molecule has 2 N–H and O–H groups in total. The van der Waals surface area contributed by atoms with Crippen LogP contribution in [0, 0.1) is 11.3 Å². The molecule has 0 atom stereocenters. The smallest absolute Gasteiger partial charge is 0.170 e. The number of carbonyl (C=O) groups excluding carboxylic acids is 1. The standard InChI is InChI=1S/C16H17N3O3/c1-10(20)11(6-17)4-12-7-18-15-14(12)5-13(8-19-15)22-9-16(2,3)21/h4-5,7-8,21H,9H2,1-3H3,(H,18,19)/b11-4+. The van der Waals surface area contributed by atoms with E-state index in [0.717, 1.165) is 5.39 Å². The molecule has 0 aliphatic rings. The van der Waals surface area contributed by atoms with E-state index in [1.807, 2.05) is 6.07 Å². The number of hydrogen-bond donors (Lipinski definition) is 2. The maximum atomic E-state index is 11.3. The number of nitriles is 1. The molecule has 0 spiro atoms. The van der Waals surface area contributed by atoms with Crippen LogP contribution in [-0.4, -0.2) is 33.1 Å². The fourth-order valence-electron chi connectivity index (χ4n) is 1.83. The molecule has 2 aromatic rings. The Labute approximate surface area is 128 Å². The number of hydrogen-bond acceptors (Lipinski definition) is 5. The van der Waals surface area contributed by atoms with Gasteiger partial charge >= 0.3 is 0 Å². The first-order valence-electron chi connectivity index (χ1n) is 6.75. The van der Waals surface area contributed by atoms with Crippen molar-refractivity contribution in [2.45, 2.75) is 26.4 Å². The summed E-state index contributed by atoms with van der Waals surface area (Å²) >= 11 is 0. The lowest BCUT2D eigenvalue weighted by Gasteiger charge is -2.17. The second-order valence-electron chi connectivity index (χ2n) is 5.64. The number of H-pyrrole nitrogens is 1. The van der Waals surface area contributed by atoms with E-state index < -0.39 is 5.60 Å². The van der Waals surface area contributed by atoms with E-state index >= 15 is 0 Å². The molecular weight excluding hydrogens is 282 g/mol. The lowest BCUT2D eigenvalue weighted by molar-refractivity contribution is -0.113. The van der Waals surface area contributed by atoms with Crippen LogP contribution >= 0.6 is 0 Å². The van der Waals surface area contributed by atoms with E-state index in [1.54, 1.807) is 32.3 Å². The lowest BCUT2D eigenvalue weighted by Crippen LogP contribution is -2.27. The number of rotatable bonds is 5. The third-order valence-corrected chi connectivity index (χ3v) is 2.93. The predicted molar refractivity (Wildman–Crippen MR) is 82.2 cm³/mol. The molecule has 0 bridgehead atoms. The lowest BCUT2D eigenvalue weighted by atomic mass is 10.1. The summed E-state index contributed by atoms with van der Waals surface area (Å²) in [5.74, 6) is 0.212. The second kappa shape index (κ2) is 6.00. The summed E-state index contributed by atoms with van der Waals surface area (Å²) in [5, 5.41) is 19.4. The van der Waals surface area contributed by atoms with Crippen LogP contribution in [0.3, 0.4) is 0 Å². The van der Waals surface area contributed by atoms with Gasteiger partial charge in [0, 0.05) is 17.1 Å². The summed E-state index contributed by atoms with van der Waals surface area (Å²) in [4.78, 5) is 18.5. The van der Waals surface area contributed by atoms with Gasteiger partial charge in [-0.2, -0.15) is 5.26 Å². The van der Waals surface area contributed by atoms with Crippen molar-refractivity contribution in [1.82, 2.24) is 9.97 Å². The molecule has 6 heteroatoms. The number of fused-ring (bicyclic) bond motifs is 1. The molecule has 6 nitrogen and oxygen atoms in total. The average Bonchev–Trinajstić information content (AvgIpc) is 2.83. The molecule has 0 unspecified atom stereocenters. The Bertz CT molecular complexity index is 776. The molecule has 2 aromatic heterocycles. The molecule has 0 radical (unpaired) electrons. The highest BCUT2D eigenvalue weighted by Crippen LogP contribution is 2.24. The number of carbonyl (C=O) groups is 1. The van der Waals surface area contributed by atoms with Gasteiger partial charge in [0.25, 0.3) is 0 Å². The van der Waals surface area contributed by atoms with Gasteiger partial charge in [-0.15, -0.1) is 0 Å². The molecule has 114 valence electrons. The Morgan fingerprint density at radius 1 is 1.59 bits per heavy atom. The van der Waals surface area contributed by atoms with Crippen molar-refractivity contribution in [2.24, 2.45) is 0 Å². The Morgan fingerprint density at radius 3 is 2.91 bits per heavy atom. The number of ether oxygens (including phenoxy) is 1. The SMILES string of the molecule is CC(=O)/C(C#N)=C/c1c[nH]c2ncc(OCC(C)(C)O)cc12. The van der Waals surface area contributed by atoms with Gasteiger partial charge in [-0.3, -0.25) is 4.79 Å². The molecule has 0 amide bonds. The van der Waals surface area contributed by atoms with E-state index in [-0.39, 0.29) is 18.0 Å². The van der Waals surface area contributed by atoms with Gasteiger partial charge in [0.15, 0.2) is 5.78 Å². The first-order valence-corrected chi connectivity index (χ1v) is 6.75. The van der Waals surface area contributed by atoms with Gasteiger partial charge in [-0.1, -0.05) is 0 Å². The highest BCUT2D eigenvalue weighted by Gasteiger charge is 2.14. The number of ketones is 1. The van der Waals surface area contributed by atoms with Crippen molar-refractivity contribution < 1.29 is 14.6 Å². The number of aliphatic hydroxyl groups is 1. The summed E-state index contributed by atoms with van der Waals surface area (Å²) in [6, 6.07) is 3.63. The minimum atomic E-state index is -0.946. The summed E-state index contributed by atoms with van der Waals surface area (Å²) in [6.07, 6.45) is 4.74. The normalized spacial score (nSPS) is 12.2. The Balaban J connectivity index is 2.38. The van der Waals surface area contributed by atoms with Crippen LogP contribution in [-0.2, 0) is 4.79 Å². The topological polar surface area (TPSA) is 99.0 Å². The van der Waals surface area contributed by atoms with E-state index in [1.165, 1.54) is 13.0 Å². The molecule has 2 rings (SSSR count). The first kappa shape index (κ1) is 15.7. The third-order valence-electron chi connectivity index (χ3n) is 2.93. The zero-order valence-corrected chi connectivity index (χ0v) is 12.7. The number of aromatic nitrogens is 2. The Hall–Kier alpha value is -2.65. The summed E-state index contributed by atoms with van der Waals surface area (Å²) in [7, 11) is 0. The molecule has 0 saturated heterocycles. The molecule has 2 heterocycles. The molecular formula is C16H17N3O3. The first-order chi connectivity index (χ1) is 10.3. The van der Waals surface area contributed by atoms with Gasteiger partial charge in [0.05, 0.1) is 17.4 Å². The quantitative estimate of drug-likeness (QED) is 0.651. The Kier molecular flexibility index (Phi) is 4.29. The zero-order valence-electron chi connectivity index (χ0n) is 12.7. The third kappa shape index (κ3) is 3.71. The molecule has 22 heavy (non-hydrogen) atoms. The maximum Gasteiger partial charge on any atom is 0.170 e. The molecule has 0 fully saturated rings. The van der Waals surface area contributed by atoms with Crippen LogP contribution in [0.15, 0.2) is 24.0 Å². The van der Waals surface area contributed by atoms with Crippen molar-refractivity contribution in [3.63, 3.8) is 0 Å². The van der Waals surface area contributed by atoms with Gasteiger partial charge in [0.1, 0.15) is 24.1 Å². The minimum Gasteiger partial charge on any atom is -0.489 e. The number of pyridine rings is 1. The summed E-state index contributed by atoms with van der Waals surface area (Å²) < 4.78 is 5.50. The van der Waals surface area contributed by atoms with Crippen LogP contribution in [0.1, 0.15) is 26.3 Å². The zero-order chi connectivity index (χ0) is 16.3. The fraction of sp³-hybridized carbons (Fsp3) is 0.312. The van der Waals surface area contributed by atoms with Gasteiger partial charge in [-0.25, -0.2) is 4.98 Å². The van der Waals surface area contributed by atoms with Crippen LogP contribution in [0.5, 0.6) is 5.75 Å². The fourth-order valence-corrected chi connectivity index (χ4v) is 1.83. The van der Waals surface area contributed by atoms with Crippen molar-refractivity contribution in [3.8, 4) is 11.8 Å². The summed E-state index contributed by atoms with van der Waals surface area (Å²) in [6.45, 7) is 4.78. The van der Waals surface area contributed by atoms with Crippen molar-refractivity contribution in [1.29, 1.82) is 5.26 Å². The predicted octanol–water partition coefficient (Wildman–Crippen LogP) is 2.21. The number of Topliss-reactive ketones (excluding diaryl/α,β-unsaturated/α-hetero) is 1. The highest BCUT2D eigenvalue weighted by molar-refractivity contribution is 6.03. The number of allylic oxidation sites excluding steroid dienone is 1. The van der Waals surface area contributed by atoms with Crippen LogP contribution in [0.4, 0.5) is 0 Å². The number of nitrogens with one attached hydrogen (secondary N) is 1. The number of nitrogens with zero attached hydrogens (tertiary/aromatic N) is 2. The van der Waals surface area contributed by atoms with Crippen LogP contribution < -0.4 is 4.74 Å². The van der Waals surface area contributed by atoms with Crippen LogP contribution in [0.25, 0.3) is 17.1 Å². The van der Waals surface area contributed by atoms with E-state index in [4.69, 9.17) is 10.00 Å². The van der Waals surface area contributed by atoms with Gasteiger partial charge < -0.3 is 14.8 Å². The summed E-state index contributed by atoms with van der Waals surface area (Å²) in [5.41, 5.74) is 0.438. The van der Waals surface area contributed by atoms with Crippen molar-refractivity contribution >= 4 is 22.9 Å². The van der Waals surface area contributed by atoms with E-state index in [0.29, 0.717) is 17.0 Å². The monoisotopic (exact) mass is 299 g/mol. The van der Waals surface area contributed by atoms with Crippen molar-refractivity contribution in [3.05, 3.63) is 29.6 Å². The van der Waals surface area contributed by atoms with Gasteiger partial charge in [-0.05, 0) is 32.9 Å². The average molecular weight is 299 g/mol. The maximum absolute atomic E-state index is 11.3. The van der Waals surface area contributed by atoms with Gasteiger partial charge in [0.2, 0.25) is 0 Å². The number of aromatic amines is 1. The second-order valence-corrected chi connectivity index (χ2v) is 5.64. The largest absolute Gasteiger partial charge is 0.489 e. The minimum absolute atomic E-state index is 0.0729. The molecule has 0 aliphatic carbocycles. The van der Waals surface area contributed by atoms with Crippen molar-refractivity contribution in [2.75, 3.05) is 6.61 Å².